The van der Waals surface area contributed by atoms with E-state index in [-0.39, 0.29) is 18.6 Å². The van der Waals surface area contributed by atoms with Gasteiger partial charge in [-0.15, -0.1) is 0 Å². The van der Waals surface area contributed by atoms with E-state index in [1.54, 1.807) is 38.2 Å². The van der Waals surface area contributed by atoms with Crippen LogP contribution in [0.5, 0.6) is 11.5 Å². The predicted octanol–water partition coefficient (Wildman–Crippen LogP) is 2.92. The summed E-state index contributed by atoms with van der Waals surface area (Å²) < 4.78 is 12.1. The summed E-state index contributed by atoms with van der Waals surface area (Å²) in [7, 11) is 0. The number of ether oxygens (including phenoxy) is 2. The summed E-state index contributed by atoms with van der Waals surface area (Å²) in [6.07, 6.45) is 3.14. The number of benzene rings is 2. The highest BCUT2D eigenvalue weighted by molar-refractivity contribution is 6.04. The zero-order valence-electron chi connectivity index (χ0n) is 16.7. The normalized spacial score (nSPS) is 12.5. The number of carbonyl (C=O) groups is 2. The van der Waals surface area contributed by atoms with Crippen molar-refractivity contribution in [2.75, 3.05) is 12.1 Å². The first kappa shape index (κ1) is 19.5. The molecular weight excluding hydrogens is 384 g/mol. The number of hydrogen-bond acceptors (Lipinski definition) is 5. The monoisotopic (exact) mass is 406 g/mol. The van der Waals surface area contributed by atoms with E-state index in [1.165, 1.54) is 10.9 Å². The lowest BCUT2D eigenvalue weighted by atomic mass is 10.0. The lowest BCUT2D eigenvalue weighted by Gasteiger charge is -2.24. The molecule has 0 spiro atoms. The Balaban J connectivity index is 1.41. The highest BCUT2D eigenvalue weighted by atomic mass is 16.7. The van der Waals surface area contributed by atoms with Gasteiger partial charge in [0.1, 0.15) is 5.54 Å². The average Bonchev–Trinajstić information content (AvgIpc) is 3.41. The SMILES string of the molecule is CC(C)(C(=O)NCc1ccccc1)n1cc(NC(=O)c2ccc3c(c2)OCO3)cn1. The van der Waals surface area contributed by atoms with Crippen LogP contribution >= 0.6 is 0 Å². The highest BCUT2D eigenvalue weighted by Gasteiger charge is 2.30. The molecule has 0 unspecified atom stereocenters. The van der Waals surface area contributed by atoms with Crippen molar-refractivity contribution in [2.24, 2.45) is 0 Å². The molecule has 0 fully saturated rings. The quantitative estimate of drug-likeness (QED) is 0.656. The molecule has 1 aliphatic rings. The van der Waals surface area contributed by atoms with Gasteiger partial charge < -0.3 is 20.1 Å². The number of fused-ring (bicyclic) bond motifs is 1. The Bertz CT molecular complexity index is 1080. The Morgan fingerprint density at radius 3 is 2.67 bits per heavy atom. The third-order valence-corrected chi connectivity index (χ3v) is 4.90. The summed E-state index contributed by atoms with van der Waals surface area (Å²) in [5.74, 6) is 0.666. The van der Waals surface area contributed by atoms with Crippen LogP contribution in [0, 0.1) is 0 Å². The fourth-order valence-corrected chi connectivity index (χ4v) is 3.03. The van der Waals surface area contributed by atoms with Crippen molar-refractivity contribution in [1.29, 1.82) is 0 Å². The summed E-state index contributed by atoms with van der Waals surface area (Å²) in [4.78, 5) is 25.3. The topological polar surface area (TPSA) is 94.5 Å². The first-order valence-electron chi connectivity index (χ1n) is 9.52. The Hall–Kier alpha value is -3.81. The molecule has 0 aliphatic carbocycles. The van der Waals surface area contributed by atoms with Crippen LogP contribution in [0.3, 0.4) is 0 Å². The number of amides is 2. The maximum Gasteiger partial charge on any atom is 0.255 e. The van der Waals surface area contributed by atoms with Gasteiger partial charge in [0, 0.05) is 18.3 Å². The van der Waals surface area contributed by atoms with Gasteiger partial charge in [0.25, 0.3) is 5.91 Å². The van der Waals surface area contributed by atoms with Crippen LogP contribution in [-0.4, -0.2) is 28.4 Å². The van der Waals surface area contributed by atoms with Gasteiger partial charge in [-0.05, 0) is 37.6 Å². The maximum absolute atomic E-state index is 12.7. The standard InChI is InChI=1S/C22H22N4O4/c1-22(2,21(28)23-11-15-6-4-3-5-7-15)26-13-17(12-24-26)25-20(27)16-8-9-18-19(10-16)30-14-29-18/h3-10,12-13H,11,14H2,1-2H3,(H,23,28)(H,25,27). The summed E-state index contributed by atoms with van der Waals surface area (Å²) in [5, 5.41) is 9.98. The molecule has 0 saturated heterocycles. The van der Waals surface area contributed by atoms with Crippen molar-refractivity contribution < 1.29 is 19.1 Å². The molecule has 1 aliphatic heterocycles. The first-order chi connectivity index (χ1) is 14.4. The van der Waals surface area contributed by atoms with Crippen LogP contribution < -0.4 is 20.1 Å². The minimum absolute atomic E-state index is 0.147. The zero-order chi connectivity index (χ0) is 21.1. The fraction of sp³-hybridized carbons (Fsp3) is 0.227. The van der Waals surface area contributed by atoms with E-state index in [9.17, 15) is 9.59 Å². The molecule has 0 radical (unpaired) electrons. The number of nitrogens with zero attached hydrogens (tertiary/aromatic N) is 2. The van der Waals surface area contributed by atoms with Gasteiger partial charge in [-0.25, -0.2) is 0 Å². The Labute approximate surface area is 173 Å². The van der Waals surface area contributed by atoms with Gasteiger partial charge in [-0.3, -0.25) is 14.3 Å². The van der Waals surface area contributed by atoms with Crippen molar-refractivity contribution >= 4 is 17.5 Å². The molecule has 2 N–H and O–H groups in total. The predicted molar refractivity (Wildman–Crippen MR) is 110 cm³/mol. The number of hydrogen-bond donors (Lipinski definition) is 2. The van der Waals surface area contributed by atoms with Gasteiger partial charge in [0.05, 0.1) is 11.9 Å². The van der Waals surface area contributed by atoms with Gasteiger partial charge in [0.15, 0.2) is 11.5 Å². The minimum atomic E-state index is -0.934. The highest BCUT2D eigenvalue weighted by Crippen LogP contribution is 2.32. The van der Waals surface area contributed by atoms with E-state index in [2.05, 4.69) is 15.7 Å². The summed E-state index contributed by atoms with van der Waals surface area (Å²) in [6.45, 7) is 4.11. The number of rotatable bonds is 6. The largest absolute Gasteiger partial charge is 0.454 e. The third kappa shape index (κ3) is 3.98. The van der Waals surface area contributed by atoms with E-state index in [1.807, 2.05) is 30.3 Å². The second kappa shape index (κ2) is 7.90. The van der Waals surface area contributed by atoms with E-state index in [0.717, 1.165) is 5.56 Å². The summed E-state index contributed by atoms with van der Waals surface area (Å²) in [5.41, 5.74) is 1.00. The maximum atomic E-state index is 12.7. The van der Waals surface area contributed by atoms with E-state index in [4.69, 9.17) is 9.47 Å². The molecule has 30 heavy (non-hydrogen) atoms. The molecule has 0 bridgehead atoms. The molecule has 2 heterocycles. The van der Waals surface area contributed by atoms with Crippen molar-refractivity contribution in [1.82, 2.24) is 15.1 Å². The molecule has 2 aromatic carbocycles. The van der Waals surface area contributed by atoms with Crippen molar-refractivity contribution in [3.8, 4) is 11.5 Å². The van der Waals surface area contributed by atoms with Crippen LogP contribution in [-0.2, 0) is 16.9 Å². The number of carbonyl (C=O) groups excluding carboxylic acids is 2. The lowest BCUT2D eigenvalue weighted by molar-refractivity contribution is -0.129. The average molecular weight is 406 g/mol. The van der Waals surface area contributed by atoms with Crippen molar-refractivity contribution in [3.05, 3.63) is 72.1 Å². The molecule has 154 valence electrons. The van der Waals surface area contributed by atoms with Gasteiger partial charge >= 0.3 is 0 Å². The molecule has 0 atom stereocenters. The smallest absolute Gasteiger partial charge is 0.255 e. The van der Waals surface area contributed by atoms with Gasteiger partial charge in [0.2, 0.25) is 12.7 Å². The first-order valence-corrected chi connectivity index (χ1v) is 9.52. The Morgan fingerprint density at radius 2 is 1.87 bits per heavy atom. The Morgan fingerprint density at radius 1 is 1.10 bits per heavy atom. The van der Waals surface area contributed by atoms with Crippen molar-refractivity contribution in [3.63, 3.8) is 0 Å². The summed E-state index contributed by atoms with van der Waals surface area (Å²) in [6, 6.07) is 14.7. The molecule has 3 aromatic rings. The number of anilines is 1. The van der Waals surface area contributed by atoms with Crippen LogP contribution in [0.15, 0.2) is 60.9 Å². The molecular formula is C22H22N4O4. The third-order valence-electron chi connectivity index (χ3n) is 4.90. The van der Waals surface area contributed by atoms with E-state index < -0.39 is 5.54 Å². The minimum Gasteiger partial charge on any atom is -0.454 e. The fourth-order valence-electron chi connectivity index (χ4n) is 3.03. The van der Waals surface area contributed by atoms with Crippen molar-refractivity contribution in [2.45, 2.75) is 25.9 Å². The lowest BCUT2D eigenvalue weighted by Crippen LogP contribution is -2.44. The van der Waals surface area contributed by atoms with Crippen LogP contribution in [0.4, 0.5) is 5.69 Å². The van der Waals surface area contributed by atoms with Crippen LogP contribution in [0.2, 0.25) is 0 Å². The molecule has 2 amide bonds. The zero-order valence-corrected chi connectivity index (χ0v) is 16.7. The molecule has 0 saturated carbocycles. The number of aromatic nitrogens is 2. The molecule has 8 nitrogen and oxygen atoms in total. The van der Waals surface area contributed by atoms with Crippen LogP contribution in [0.1, 0.15) is 29.8 Å². The second-order valence-corrected chi connectivity index (χ2v) is 7.42. The van der Waals surface area contributed by atoms with Gasteiger partial charge in [-0.2, -0.15) is 5.10 Å². The molecule has 8 heteroatoms. The Kier molecular flexibility index (Phi) is 5.14. The number of nitrogens with one attached hydrogen (secondary N) is 2. The van der Waals surface area contributed by atoms with E-state index >= 15 is 0 Å². The molecule has 4 rings (SSSR count). The second-order valence-electron chi connectivity index (χ2n) is 7.42. The summed E-state index contributed by atoms with van der Waals surface area (Å²) >= 11 is 0. The molecule has 1 aromatic heterocycles. The van der Waals surface area contributed by atoms with Gasteiger partial charge in [-0.1, -0.05) is 30.3 Å². The van der Waals surface area contributed by atoms with Crippen LogP contribution in [0.25, 0.3) is 0 Å². The van der Waals surface area contributed by atoms with E-state index in [0.29, 0.717) is 29.3 Å².